The molecular weight excluding hydrogens is 212 g/mol. The third-order valence-electron chi connectivity index (χ3n) is 3.97. The second kappa shape index (κ2) is 6.39. The molecule has 0 heterocycles. The fourth-order valence-electron chi connectivity index (χ4n) is 3.00. The number of nitrogens with one attached hydrogen (secondary N) is 2. The fourth-order valence-corrected chi connectivity index (χ4v) is 3.00. The van der Waals surface area contributed by atoms with Gasteiger partial charge in [0.25, 0.3) is 0 Å². The lowest BCUT2D eigenvalue weighted by Gasteiger charge is -2.31. The molecule has 1 rings (SSSR count). The summed E-state index contributed by atoms with van der Waals surface area (Å²) in [4.78, 5) is 11.8. The summed E-state index contributed by atoms with van der Waals surface area (Å²) < 4.78 is 0. The van der Waals surface area contributed by atoms with E-state index < -0.39 is 0 Å². The molecule has 1 saturated carbocycles. The summed E-state index contributed by atoms with van der Waals surface area (Å²) in [5, 5.41) is 6.10. The normalized spacial score (nSPS) is 20.5. The van der Waals surface area contributed by atoms with E-state index in [0.29, 0.717) is 11.3 Å². The first-order valence-electron chi connectivity index (χ1n) is 6.94. The Hall–Kier alpha value is -0.570. The van der Waals surface area contributed by atoms with Crippen LogP contribution < -0.4 is 10.6 Å². The summed E-state index contributed by atoms with van der Waals surface area (Å²) >= 11 is 0. The Bertz CT molecular complexity index is 245. The van der Waals surface area contributed by atoms with Crippen LogP contribution in [0.25, 0.3) is 0 Å². The van der Waals surface area contributed by atoms with Gasteiger partial charge in [0, 0.05) is 6.54 Å². The number of hydrogen-bond acceptors (Lipinski definition) is 2. The van der Waals surface area contributed by atoms with Crippen molar-refractivity contribution >= 4 is 5.91 Å². The smallest absolute Gasteiger partial charge is 0.236 e. The average molecular weight is 240 g/mol. The monoisotopic (exact) mass is 240 g/mol. The fraction of sp³-hybridized carbons (Fsp3) is 0.929. The van der Waals surface area contributed by atoms with E-state index in [9.17, 15) is 4.79 Å². The number of likely N-dealkylation sites (N-methyl/N-ethyl adjacent to an activating group) is 1. The van der Waals surface area contributed by atoms with Gasteiger partial charge in [0.15, 0.2) is 0 Å². The Labute approximate surface area is 106 Å². The molecule has 1 unspecified atom stereocenters. The van der Waals surface area contributed by atoms with E-state index in [1.165, 1.54) is 32.1 Å². The molecule has 0 aromatic carbocycles. The third kappa shape index (κ3) is 4.30. The Morgan fingerprint density at radius 1 is 1.24 bits per heavy atom. The molecule has 0 aliphatic heterocycles. The van der Waals surface area contributed by atoms with Gasteiger partial charge in [0.05, 0.1) is 6.04 Å². The lowest BCUT2D eigenvalue weighted by molar-refractivity contribution is -0.123. The highest BCUT2D eigenvalue weighted by atomic mass is 16.2. The van der Waals surface area contributed by atoms with E-state index >= 15 is 0 Å². The molecule has 3 heteroatoms. The molecule has 0 aromatic heterocycles. The number of rotatable bonds is 6. The molecule has 0 spiro atoms. The number of carbonyl (C=O) groups excluding carboxylic acids is 1. The van der Waals surface area contributed by atoms with Crippen LogP contribution >= 0.6 is 0 Å². The molecular formula is C14H28N2O. The van der Waals surface area contributed by atoms with Crippen molar-refractivity contribution in [2.45, 2.75) is 58.9 Å². The van der Waals surface area contributed by atoms with E-state index in [1.54, 1.807) is 0 Å². The van der Waals surface area contributed by atoms with Crippen molar-refractivity contribution in [1.29, 1.82) is 0 Å². The van der Waals surface area contributed by atoms with Crippen molar-refractivity contribution in [3.8, 4) is 0 Å². The minimum absolute atomic E-state index is 0.0903. The van der Waals surface area contributed by atoms with Gasteiger partial charge in [-0.05, 0) is 44.6 Å². The first-order valence-corrected chi connectivity index (χ1v) is 6.94. The predicted octanol–water partition coefficient (Wildman–Crippen LogP) is 2.32. The molecule has 2 N–H and O–H groups in total. The molecule has 1 amide bonds. The van der Waals surface area contributed by atoms with Gasteiger partial charge in [-0.15, -0.1) is 0 Å². The summed E-state index contributed by atoms with van der Waals surface area (Å²) in [7, 11) is 1.82. The van der Waals surface area contributed by atoms with Gasteiger partial charge in [0.1, 0.15) is 0 Å². The second-order valence-electron chi connectivity index (χ2n) is 6.03. The Kier molecular flexibility index (Phi) is 5.44. The summed E-state index contributed by atoms with van der Waals surface area (Å²) in [6, 6.07) is -0.0903. The van der Waals surface area contributed by atoms with Crippen molar-refractivity contribution in [3.63, 3.8) is 0 Å². The van der Waals surface area contributed by atoms with Crippen molar-refractivity contribution < 1.29 is 4.79 Å². The van der Waals surface area contributed by atoms with E-state index in [4.69, 9.17) is 0 Å². The maximum Gasteiger partial charge on any atom is 0.236 e. The Morgan fingerprint density at radius 3 is 2.29 bits per heavy atom. The molecule has 1 atom stereocenters. The van der Waals surface area contributed by atoms with Gasteiger partial charge in [-0.2, -0.15) is 0 Å². The molecule has 0 saturated heterocycles. The SMILES string of the molecule is CNC(C)C(=O)NCC1(CC(C)C)CCCC1. The van der Waals surface area contributed by atoms with Gasteiger partial charge in [-0.25, -0.2) is 0 Å². The van der Waals surface area contributed by atoms with Crippen molar-refractivity contribution in [1.82, 2.24) is 10.6 Å². The molecule has 0 aromatic rings. The Morgan fingerprint density at radius 2 is 1.82 bits per heavy atom. The molecule has 1 aliphatic carbocycles. The highest BCUT2D eigenvalue weighted by Gasteiger charge is 2.34. The molecule has 0 bridgehead atoms. The first-order chi connectivity index (χ1) is 7.99. The second-order valence-corrected chi connectivity index (χ2v) is 6.03. The molecule has 0 radical (unpaired) electrons. The van der Waals surface area contributed by atoms with Crippen LogP contribution in [0.3, 0.4) is 0 Å². The van der Waals surface area contributed by atoms with Gasteiger partial charge >= 0.3 is 0 Å². The van der Waals surface area contributed by atoms with Gasteiger partial charge in [-0.1, -0.05) is 26.7 Å². The van der Waals surface area contributed by atoms with Crippen LogP contribution in [0.2, 0.25) is 0 Å². The summed E-state index contributed by atoms with van der Waals surface area (Å²) in [5.41, 5.74) is 0.372. The zero-order chi connectivity index (χ0) is 12.9. The van der Waals surface area contributed by atoms with Gasteiger partial charge < -0.3 is 10.6 Å². The van der Waals surface area contributed by atoms with Crippen LogP contribution in [-0.2, 0) is 4.79 Å². The zero-order valence-corrected chi connectivity index (χ0v) is 11.8. The van der Waals surface area contributed by atoms with Crippen LogP contribution in [0.4, 0.5) is 0 Å². The summed E-state index contributed by atoms with van der Waals surface area (Å²) in [5.74, 6) is 0.842. The quantitative estimate of drug-likeness (QED) is 0.748. The maximum atomic E-state index is 11.8. The van der Waals surface area contributed by atoms with Crippen LogP contribution in [0.15, 0.2) is 0 Å². The summed E-state index contributed by atoms with van der Waals surface area (Å²) in [6.07, 6.45) is 6.44. The average Bonchev–Trinajstić information content (AvgIpc) is 2.73. The van der Waals surface area contributed by atoms with Gasteiger partial charge in [0.2, 0.25) is 5.91 Å². The predicted molar refractivity (Wildman–Crippen MR) is 71.9 cm³/mol. The molecule has 3 nitrogen and oxygen atoms in total. The molecule has 1 fully saturated rings. The lowest BCUT2D eigenvalue weighted by Crippen LogP contribution is -2.44. The first kappa shape index (κ1) is 14.5. The lowest BCUT2D eigenvalue weighted by atomic mass is 9.78. The molecule has 100 valence electrons. The highest BCUT2D eigenvalue weighted by Crippen LogP contribution is 2.42. The summed E-state index contributed by atoms with van der Waals surface area (Å²) in [6.45, 7) is 7.31. The largest absolute Gasteiger partial charge is 0.354 e. The minimum atomic E-state index is -0.0903. The third-order valence-corrected chi connectivity index (χ3v) is 3.97. The Balaban J connectivity index is 2.47. The van der Waals surface area contributed by atoms with E-state index in [2.05, 4.69) is 24.5 Å². The van der Waals surface area contributed by atoms with Crippen LogP contribution in [0.1, 0.15) is 52.9 Å². The van der Waals surface area contributed by atoms with Crippen molar-refractivity contribution in [2.24, 2.45) is 11.3 Å². The van der Waals surface area contributed by atoms with Crippen LogP contribution in [0.5, 0.6) is 0 Å². The van der Waals surface area contributed by atoms with E-state index in [1.807, 2.05) is 14.0 Å². The molecule has 1 aliphatic rings. The van der Waals surface area contributed by atoms with Crippen LogP contribution in [-0.4, -0.2) is 25.5 Å². The van der Waals surface area contributed by atoms with Gasteiger partial charge in [-0.3, -0.25) is 4.79 Å². The van der Waals surface area contributed by atoms with Crippen molar-refractivity contribution in [2.75, 3.05) is 13.6 Å². The number of carbonyl (C=O) groups is 1. The van der Waals surface area contributed by atoms with E-state index in [0.717, 1.165) is 6.54 Å². The number of hydrogen-bond donors (Lipinski definition) is 2. The highest BCUT2D eigenvalue weighted by molar-refractivity contribution is 5.81. The number of amides is 1. The van der Waals surface area contributed by atoms with E-state index in [-0.39, 0.29) is 11.9 Å². The molecule has 17 heavy (non-hydrogen) atoms. The topological polar surface area (TPSA) is 41.1 Å². The van der Waals surface area contributed by atoms with Crippen LogP contribution in [0, 0.1) is 11.3 Å². The zero-order valence-electron chi connectivity index (χ0n) is 11.8. The maximum absolute atomic E-state index is 11.8. The minimum Gasteiger partial charge on any atom is -0.354 e. The standard InChI is InChI=1S/C14H28N2O/c1-11(2)9-14(7-5-6-8-14)10-16-13(17)12(3)15-4/h11-12,15H,5-10H2,1-4H3,(H,16,17). The van der Waals surface area contributed by atoms with Crippen molar-refractivity contribution in [3.05, 3.63) is 0 Å².